The number of carbonyl (C=O) groups is 1. The van der Waals surface area contributed by atoms with Gasteiger partial charge in [0.05, 0.1) is 17.8 Å². The summed E-state index contributed by atoms with van der Waals surface area (Å²) in [6.45, 7) is 0.472. The number of ether oxygens (including phenoxy) is 1. The van der Waals surface area contributed by atoms with Gasteiger partial charge in [0.15, 0.2) is 0 Å². The molecule has 0 aromatic heterocycles. The van der Waals surface area contributed by atoms with Gasteiger partial charge in [-0.3, -0.25) is 0 Å². The Kier molecular flexibility index (Phi) is 5.72. The maximum Gasteiger partial charge on any atom is 0.335 e. The Labute approximate surface area is 165 Å². The molecule has 4 rings (SSSR count). The first-order valence-corrected chi connectivity index (χ1v) is 9.88. The number of fused-ring (bicyclic) bond motifs is 2. The fourth-order valence-corrected chi connectivity index (χ4v) is 4.34. The van der Waals surface area contributed by atoms with E-state index in [2.05, 4.69) is 5.16 Å². The largest absolute Gasteiger partial charge is 0.478 e. The Morgan fingerprint density at radius 3 is 2.57 bits per heavy atom. The molecular formula is C23H25NO4. The van der Waals surface area contributed by atoms with E-state index in [1.165, 1.54) is 0 Å². The highest BCUT2D eigenvalue weighted by molar-refractivity contribution is 5.87. The molecule has 5 heteroatoms. The van der Waals surface area contributed by atoms with E-state index >= 15 is 0 Å². The molecule has 4 unspecified atom stereocenters. The van der Waals surface area contributed by atoms with Crippen molar-refractivity contribution in [1.29, 1.82) is 0 Å². The average Bonchev–Trinajstić information content (AvgIpc) is 3.32. The molecule has 146 valence electrons. The molecule has 5 nitrogen and oxygen atoms in total. The van der Waals surface area contributed by atoms with Crippen LogP contribution < -0.4 is 0 Å². The molecular weight excluding hydrogens is 354 g/mol. The van der Waals surface area contributed by atoms with Crippen molar-refractivity contribution < 1.29 is 19.5 Å². The molecule has 2 heterocycles. The summed E-state index contributed by atoms with van der Waals surface area (Å²) in [4.78, 5) is 16.5. The number of benzene rings is 2. The lowest BCUT2D eigenvalue weighted by molar-refractivity contribution is 0.0697. The minimum Gasteiger partial charge on any atom is -0.478 e. The molecule has 2 aromatic rings. The van der Waals surface area contributed by atoms with E-state index in [0.29, 0.717) is 24.2 Å². The van der Waals surface area contributed by atoms with Gasteiger partial charge in [0.2, 0.25) is 0 Å². The van der Waals surface area contributed by atoms with E-state index in [9.17, 15) is 4.79 Å². The number of carboxylic acid groups (broad SMARTS) is 1. The van der Waals surface area contributed by atoms with Gasteiger partial charge in [0.1, 0.15) is 6.61 Å². The van der Waals surface area contributed by atoms with Crippen LogP contribution in [-0.4, -0.2) is 29.5 Å². The predicted octanol–water partition coefficient (Wildman–Crippen LogP) is 4.31. The Balaban J connectivity index is 1.33. The summed E-state index contributed by atoms with van der Waals surface area (Å²) in [5.41, 5.74) is 2.58. The number of carboxylic acids is 1. The van der Waals surface area contributed by atoms with Crippen LogP contribution in [0.5, 0.6) is 0 Å². The Bertz CT molecular complexity index is 818. The fourth-order valence-electron chi connectivity index (χ4n) is 4.34. The topological polar surface area (TPSA) is 68.1 Å². The predicted molar refractivity (Wildman–Crippen MR) is 106 cm³/mol. The average molecular weight is 379 g/mol. The van der Waals surface area contributed by atoms with E-state index in [0.717, 1.165) is 36.8 Å². The maximum atomic E-state index is 11.0. The number of aromatic carboxylic acids is 1. The van der Waals surface area contributed by atoms with Crippen molar-refractivity contribution in [2.45, 2.75) is 44.5 Å². The van der Waals surface area contributed by atoms with Gasteiger partial charge in [-0.05, 0) is 54.9 Å². The lowest BCUT2D eigenvalue weighted by atomic mass is 9.77. The molecule has 2 fully saturated rings. The third-order valence-electron chi connectivity index (χ3n) is 5.84. The molecule has 2 aliphatic heterocycles. The minimum absolute atomic E-state index is 0.244. The molecule has 2 aliphatic rings. The maximum absolute atomic E-state index is 11.0. The molecule has 0 aliphatic carbocycles. The first kappa shape index (κ1) is 18.7. The number of nitrogens with zero attached hydrogens (tertiary/aromatic N) is 1. The zero-order valence-corrected chi connectivity index (χ0v) is 15.7. The van der Waals surface area contributed by atoms with E-state index in [1.54, 1.807) is 12.1 Å². The highest BCUT2D eigenvalue weighted by Crippen LogP contribution is 2.44. The third kappa shape index (κ3) is 4.25. The van der Waals surface area contributed by atoms with Gasteiger partial charge in [-0.25, -0.2) is 4.79 Å². The molecule has 0 amide bonds. The lowest BCUT2D eigenvalue weighted by Gasteiger charge is -2.24. The van der Waals surface area contributed by atoms with Gasteiger partial charge in [0.25, 0.3) is 0 Å². The van der Waals surface area contributed by atoms with Crippen molar-refractivity contribution in [2.75, 3.05) is 0 Å². The molecule has 1 N–H and O–H groups in total. The third-order valence-corrected chi connectivity index (χ3v) is 5.84. The molecule has 28 heavy (non-hydrogen) atoms. The SMILES string of the molecule is O=C(O)c1ccc(CCC2C3CCC(O3)C2/C=N/OCc2ccccc2)cc1. The van der Waals surface area contributed by atoms with Crippen LogP contribution in [0.3, 0.4) is 0 Å². The van der Waals surface area contributed by atoms with E-state index < -0.39 is 5.97 Å². The van der Waals surface area contributed by atoms with Crippen molar-refractivity contribution >= 4 is 12.2 Å². The second kappa shape index (κ2) is 8.57. The van der Waals surface area contributed by atoms with Crippen LogP contribution in [0.4, 0.5) is 0 Å². The normalized spacial score (nSPS) is 26.0. The number of aryl methyl sites for hydroxylation is 1. The molecule has 0 spiro atoms. The van der Waals surface area contributed by atoms with Crippen LogP contribution in [0.1, 0.15) is 40.7 Å². The van der Waals surface area contributed by atoms with Crippen molar-refractivity contribution in [3.8, 4) is 0 Å². The van der Waals surface area contributed by atoms with Crippen LogP contribution in [0, 0.1) is 11.8 Å². The fraction of sp³-hybridized carbons (Fsp3) is 0.391. The standard InChI is InChI=1S/C23H25NO4/c25-23(26)18-9-6-16(7-10-18)8-11-19-20(22-13-12-21(19)28-22)14-24-27-15-17-4-2-1-3-5-17/h1-7,9-10,14,19-22H,8,11-13,15H2,(H,25,26)/b24-14+. The van der Waals surface area contributed by atoms with Crippen LogP contribution in [-0.2, 0) is 22.6 Å². The monoisotopic (exact) mass is 379 g/mol. The van der Waals surface area contributed by atoms with Crippen molar-refractivity contribution in [3.05, 3.63) is 71.3 Å². The number of oxime groups is 1. The van der Waals surface area contributed by atoms with Gasteiger partial charge < -0.3 is 14.7 Å². The summed E-state index contributed by atoms with van der Waals surface area (Å²) < 4.78 is 6.13. The molecule has 0 radical (unpaired) electrons. The molecule has 2 aromatic carbocycles. The van der Waals surface area contributed by atoms with Crippen molar-refractivity contribution in [2.24, 2.45) is 17.0 Å². The van der Waals surface area contributed by atoms with E-state index in [-0.39, 0.29) is 12.0 Å². The smallest absolute Gasteiger partial charge is 0.335 e. The van der Waals surface area contributed by atoms with Gasteiger partial charge >= 0.3 is 5.97 Å². The van der Waals surface area contributed by atoms with Crippen LogP contribution in [0.15, 0.2) is 59.8 Å². The second-order valence-corrected chi connectivity index (χ2v) is 7.59. The van der Waals surface area contributed by atoms with Gasteiger partial charge in [-0.2, -0.15) is 0 Å². The number of hydrogen-bond acceptors (Lipinski definition) is 4. The van der Waals surface area contributed by atoms with Gasteiger partial charge in [-0.1, -0.05) is 47.6 Å². The molecule has 2 saturated heterocycles. The summed E-state index contributed by atoms with van der Waals surface area (Å²) in [7, 11) is 0. The van der Waals surface area contributed by atoms with Crippen LogP contribution >= 0.6 is 0 Å². The summed E-state index contributed by atoms with van der Waals surface area (Å²) in [5, 5.41) is 13.3. The summed E-state index contributed by atoms with van der Waals surface area (Å²) in [6.07, 6.45) is 6.59. The minimum atomic E-state index is -0.889. The Morgan fingerprint density at radius 2 is 1.82 bits per heavy atom. The second-order valence-electron chi connectivity index (χ2n) is 7.59. The zero-order valence-electron chi connectivity index (χ0n) is 15.7. The summed E-state index contributed by atoms with van der Waals surface area (Å²) in [6, 6.07) is 17.2. The van der Waals surface area contributed by atoms with E-state index in [1.807, 2.05) is 48.7 Å². The lowest BCUT2D eigenvalue weighted by Crippen LogP contribution is -2.28. The first-order valence-electron chi connectivity index (χ1n) is 9.88. The molecule has 0 saturated carbocycles. The summed E-state index contributed by atoms with van der Waals surface area (Å²) in [5.74, 6) is -0.172. The number of rotatable bonds is 8. The number of hydrogen-bond donors (Lipinski definition) is 1. The van der Waals surface area contributed by atoms with Gasteiger partial charge in [0, 0.05) is 12.1 Å². The summed E-state index contributed by atoms with van der Waals surface area (Å²) >= 11 is 0. The van der Waals surface area contributed by atoms with Crippen molar-refractivity contribution in [3.63, 3.8) is 0 Å². The Morgan fingerprint density at radius 1 is 1.07 bits per heavy atom. The Hall–Kier alpha value is -2.66. The zero-order chi connectivity index (χ0) is 19.3. The van der Waals surface area contributed by atoms with Crippen LogP contribution in [0.2, 0.25) is 0 Å². The van der Waals surface area contributed by atoms with Gasteiger partial charge in [-0.15, -0.1) is 0 Å². The molecule has 4 atom stereocenters. The highest BCUT2D eigenvalue weighted by atomic mass is 16.6. The van der Waals surface area contributed by atoms with Crippen molar-refractivity contribution in [1.82, 2.24) is 0 Å². The quantitative estimate of drug-likeness (QED) is 0.548. The van der Waals surface area contributed by atoms with Crippen LogP contribution in [0.25, 0.3) is 0 Å². The highest BCUT2D eigenvalue weighted by Gasteiger charge is 2.47. The van der Waals surface area contributed by atoms with E-state index in [4.69, 9.17) is 14.7 Å². The molecule has 2 bridgehead atoms. The first-order chi connectivity index (χ1) is 13.7.